The maximum absolute atomic E-state index is 9.44. The summed E-state index contributed by atoms with van der Waals surface area (Å²) in [7, 11) is 0. The summed E-state index contributed by atoms with van der Waals surface area (Å²) in [5, 5.41) is 0. The van der Waals surface area contributed by atoms with Crippen molar-refractivity contribution in [2.24, 2.45) is 0 Å². The van der Waals surface area contributed by atoms with Crippen molar-refractivity contribution in [3.63, 3.8) is 0 Å². The molecule has 1 fully saturated rings. The fourth-order valence-electron chi connectivity index (χ4n) is 0.369. The fourth-order valence-corrected chi connectivity index (χ4v) is 0.369. The minimum atomic E-state index is -0.0463. The minimum absolute atomic E-state index is 0.0463. The van der Waals surface area contributed by atoms with E-state index in [2.05, 4.69) is 17.9 Å². The second-order valence-corrected chi connectivity index (χ2v) is 2.12. The van der Waals surface area contributed by atoms with Crippen LogP contribution >= 0.6 is 0 Å². The van der Waals surface area contributed by atoms with Gasteiger partial charge in [0.25, 0.3) is 0 Å². The first-order valence-corrected chi connectivity index (χ1v) is 3.71. The van der Waals surface area contributed by atoms with Gasteiger partial charge in [0.05, 0.1) is 19.8 Å². The van der Waals surface area contributed by atoms with E-state index in [1.54, 1.807) is 12.2 Å². The lowest BCUT2D eigenvalue weighted by molar-refractivity contribution is -0.108. The molecular formula is C9H14O3. The quantitative estimate of drug-likeness (QED) is 0.267. The van der Waals surface area contributed by atoms with Gasteiger partial charge < -0.3 is 14.3 Å². The Morgan fingerprint density at radius 1 is 1.42 bits per heavy atom. The Balaban J connectivity index is 0.000000211. The van der Waals surface area contributed by atoms with E-state index in [4.69, 9.17) is 4.74 Å². The number of hydrogen-bond acceptors (Lipinski definition) is 3. The van der Waals surface area contributed by atoms with Crippen LogP contribution in [-0.4, -0.2) is 32.2 Å². The molecule has 3 heteroatoms. The summed E-state index contributed by atoms with van der Waals surface area (Å²) >= 11 is 0. The lowest BCUT2D eigenvalue weighted by atomic mass is 10.6. The molecule has 1 atom stereocenters. The van der Waals surface area contributed by atoms with Crippen molar-refractivity contribution in [3.05, 3.63) is 25.3 Å². The van der Waals surface area contributed by atoms with Crippen molar-refractivity contribution in [2.45, 2.75) is 6.10 Å². The van der Waals surface area contributed by atoms with Crippen LogP contribution in [0.1, 0.15) is 0 Å². The number of carbonyl (C=O) groups is 1. The highest BCUT2D eigenvalue weighted by molar-refractivity contribution is 5.58. The van der Waals surface area contributed by atoms with E-state index in [0.717, 1.165) is 6.29 Å². The highest BCUT2D eigenvalue weighted by atomic mass is 16.6. The first-order chi connectivity index (χ1) is 5.85. The number of aldehydes is 1. The molecule has 1 rings (SSSR count). The normalized spacial score (nSPS) is 18.5. The zero-order valence-corrected chi connectivity index (χ0v) is 7.07. The van der Waals surface area contributed by atoms with Gasteiger partial charge >= 0.3 is 0 Å². The van der Waals surface area contributed by atoms with Gasteiger partial charge in [-0.05, 0) is 0 Å². The van der Waals surface area contributed by atoms with Crippen molar-refractivity contribution in [3.8, 4) is 0 Å². The predicted octanol–water partition coefficient (Wildman–Crippen LogP) is 0.959. The summed E-state index contributed by atoms with van der Waals surface area (Å²) in [6.07, 6.45) is 4.18. The van der Waals surface area contributed by atoms with Gasteiger partial charge in [-0.1, -0.05) is 12.2 Å². The van der Waals surface area contributed by atoms with Crippen molar-refractivity contribution >= 4 is 6.29 Å². The molecule has 0 spiro atoms. The zero-order chi connectivity index (χ0) is 9.23. The molecular weight excluding hydrogens is 156 g/mol. The molecule has 0 saturated carbocycles. The molecule has 1 saturated heterocycles. The summed E-state index contributed by atoms with van der Waals surface area (Å²) in [5.41, 5.74) is 0. The molecule has 0 amide bonds. The molecule has 0 aromatic carbocycles. The third-order valence-electron chi connectivity index (χ3n) is 0.982. The van der Waals surface area contributed by atoms with E-state index in [1.165, 1.54) is 0 Å². The Morgan fingerprint density at radius 3 is 2.08 bits per heavy atom. The molecule has 0 aromatic heterocycles. The Morgan fingerprint density at radius 2 is 1.92 bits per heavy atom. The first-order valence-electron chi connectivity index (χ1n) is 3.71. The van der Waals surface area contributed by atoms with E-state index >= 15 is 0 Å². The van der Waals surface area contributed by atoms with Crippen LogP contribution < -0.4 is 0 Å². The highest BCUT2D eigenvalue weighted by Gasteiger charge is 2.19. The van der Waals surface area contributed by atoms with E-state index < -0.39 is 0 Å². The average molecular weight is 170 g/mol. The monoisotopic (exact) mass is 170 g/mol. The second-order valence-electron chi connectivity index (χ2n) is 2.12. The van der Waals surface area contributed by atoms with Crippen molar-refractivity contribution in [2.75, 3.05) is 19.8 Å². The van der Waals surface area contributed by atoms with E-state index in [1.807, 2.05) is 0 Å². The van der Waals surface area contributed by atoms with E-state index in [-0.39, 0.29) is 6.10 Å². The third-order valence-corrected chi connectivity index (χ3v) is 0.982. The van der Waals surface area contributed by atoms with Gasteiger partial charge in [0.1, 0.15) is 6.10 Å². The van der Waals surface area contributed by atoms with Crippen LogP contribution in [0.3, 0.4) is 0 Å². The van der Waals surface area contributed by atoms with Crippen molar-refractivity contribution in [1.82, 2.24) is 0 Å². The number of hydrogen-bond donors (Lipinski definition) is 0. The lowest BCUT2D eigenvalue weighted by Gasteiger charge is -1.89. The molecule has 0 bridgehead atoms. The lowest BCUT2D eigenvalue weighted by Crippen LogP contribution is -1.87. The van der Waals surface area contributed by atoms with E-state index in [9.17, 15) is 4.79 Å². The topological polar surface area (TPSA) is 38.8 Å². The number of ether oxygens (including phenoxy) is 2. The maximum atomic E-state index is 9.44. The third kappa shape index (κ3) is 9.07. The Labute approximate surface area is 72.7 Å². The van der Waals surface area contributed by atoms with Crippen molar-refractivity contribution in [1.29, 1.82) is 0 Å². The summed E-state index contributed by atoms with van der Waals surface area (Å²) in [6.45, 7) is 8.82. The van der Waals surface area contributed by atoms with Gasteiger partial charge in [0.2, 0.25) is 0 Å². The molecule has 1 heterocycles. The van der Waals surface area contributed by atoms with Gasteiger partial charge in [-0.2, -0.15) is 0 Å². The Bertz CT molecular complexity index is 131. The van der Waals surface area contributed by atoms with Crippen LogP contribution in [0.5, 0.6) is 0 Å². The van der Waals surface area contributed by atoms with Gasteiger partial charge in [-0.3, -0.25) is 0 Å². The molecule has 1 aliphatic heterocycles. The van der Waals surface area contributed by atoms with Crippen molar-refractivity contribution < 1.29 is 14.3 Å². The number of carbonyl (C=O) groups excluding carboxylic acids is 1. The molecule has 1 aliphatic rings. The smallest absolute Gasteiger partial charge is 0.151 e. The van der Waals surface area contributed by atoms with Gasteiger partial charge in [-0.15, -0.1) is 13.2 Å². The van der Waals surface area contributed by atoms with Gasteiger partial charge in [0.15, 0.2) is 6.29 Å². The van der Waals surface area contributed by atoms with Crippen LogP contribution in [-0.2, 0) is 14.3 Å². The molecule has 1 unspecified atom stereocenters. The highest BCUT2D eigenvalue weighted by Crippen LogP contribution is 2.02. The van der Waals surface area contributed by atoms with Crippen LogP contribution in [0.15, 0.2) is 25.3 Å². The molecule has 3 nitrogen and oxygen atoms in total. The number of rotatable bonds is 5. The summed E-state index contributed by atoms with van der Waals surface area (Å²) < 4.78 is 9.39. The van der Waals surface area contributed by atoms with Gasteiger partial charge in [0, 0.05) is 0 Å². The second kappa shape index (κ2) is 8.17. The molecule has 68 valence electrons. The van der Waals surface area contributed by atoms with Gasteiger partial charge in [-0.25, -0.2) is 0 Å². The standard InChI is InChI=1S/C6H10O.C3H4O2/c1-3-5-7-6-4-2;4-1-3-2-5-3/h3-4H,1-2,5-6H2;1,3H,2H2. The molecule has 12 heavy (non-hydrogen) atoms. The van der Waals surface area contributed by atoms with Crippen LogP contribution in [0.25, 0.3) is 0 Å². The maximum Gasteiger partial charge on any atom is 0.151 e. The summed E-state index contributed by atoms with van der Waals surface area (Å²) in [5.74, 6) is 0. The minimum Gasteiger partial charge on any atom is -0.373 e. The zero-order valence-electron chi connectivity index (χ0n) is 7.07. The van der Waals surface area contributed by atoms with Crippen LogP contribution in [0.4, 0.5) is 0 Å². The Hall–Kier alpha value is -0.930. The van der Waals surface area contributed by atoms with E-state index in [0.29, 0.717) is 19.8 Å². The number of epoxide rings is 1. The fraction of sp³-hybridized carbons (Fsp3) is 0.444. The first kappa shape index (κ1) is 11.1. The van der Waals surface area contributed by atoms with Crippen LogP contribution in [0, 0.1) is 0 Å². The van der Waals surface area contributed by atoms with Crippen LogP contribution in [0.2, 0.25) is 0 Å². The largest absolute Gasteiger partial charge is 0.373 e. The molecule has 0 N–H and O–H groups in total. The SMILES string of the molecule is C=CCOCC=C.O=CC1CO1. The molecule has 0 aliphatic carbocycles. The predicted molar refractivity (Wildman–Crippen MR) is 47.0 cm³/mol. The summed E-state index contributed by atoms with van der Waals surface area (Å²) in [6, 6.07) is 0. The average Bonchev–Trinajstić information content (AvgIpc) is 2.89. The Kier molecular flexibility index (Phi) is 7.54. The molecule has 0 radical (unpaired) electrons. The molecule has 0 aromatic rings. The summed E-state index contributed by atoms with van der Waals surface area (Å²) in [4.78, 5) is 9.44.